The number of anilines is 3. The number of rotatable bonds is 8. The molecule has 0 aliphatic carbocycles. The van der Waals surface area contributed by atoms with Crippen molar-refractivity contribution in [1.29, 1.82) is 0 Å². The average Bonchev–Trinajstić information content (AvgIpc) is 3.09. The summed E-state index contributed by atoms with van der Waals surface area (Å²) in [7, 11) is 3.95. The van der Waals surface area contributed by atoms with Gasteiger partial charge in [-0.3, -0.25) is 4.79 Å². The largest absolute Gasteiger partial charge is 0.378 e. The molecule has 0 saturated carbocycles. The molecule has 0 spiro atoms. The van der Waals surface area contributed by atoms with E-state index in [9.17, 15) is 4.79 Å². The van der Waals surface area contributed by atoms with E-state index in [4.69, 9.17) is 29.0 Å². The third-order valence-corrected chi connectivity index (χ3v) is 5.49. The summed E-state index contributed by atoms with van der Waals surface area (Å²) in [5.74, 6) is 5.98. The SMILES string of the molecule is CN(C)c1ccc(/C=N/Nc2nnc(SCC(=O)Nc3cc(Cl)ccc3Cl)n2N)cc1. The Bertz CT molecular complexity index is 1090. The molecule has 2 aromatic carbocycles. The highest BCUT2D eigenvalue weighted by molar-refractivity contribution is 7.99. The molecule has 1 amide bonds. The highest BCUT2D eigenvalue weighted by Crippen LogP contribution is 2.26. The molecule has 0 aliphatic heterocycles. The van der Waals surface area contributed by atoms with Gasteiger partial charge in [-0.15, -0.1) is 10.2 Å². The van der Waals surface area contributed by atoms with Crippen LogP contribution in [0.2, 0.25) is 10.0 Å². The maximum absolute atomic E-state index is 12.2. The normalized spacial score (nSPS) is 11.0. The van der Waals surface area contributed by atoms with E-state index in [2.05, 4.69) is 26.0 Å². The summed E-state index contributed by atoms with van der Waals surface area (Å²) in [6, 6.07) is 12.7. The van der Waals surface area contributed by atoms with Crippen LogP contribution in [0.15, 0.2) is 52.7 Å². The zero-order valence-electron chi connectivity index (χ0n) is 16.7. The lowest BCUT2D eigenvalue weighted by Gasteiger charge is -2.11. The van der Waals surface area contributed by atoms with Crippen LogP contribution in [-0.4, -0.2) is 46.8 Å². The quantitative estimate of drug-likeness (QED) is 0.196. The van der Waals surface area contributed by atoms with Gasteiger partial charge in [-0.2, -0.15) is 5.10 Å². The smallest absolute Gasteiger partial charge is 0.264 e. The number of thioether (sulfide) groups is 1. The Morgan fingerprint density at radius 3 is 2.68 bits per heavy atom. The number of aromatic nitrogens is 3. The highest BCUT2D eigenvalue weighted by atomic mass is 35.5. The minimum absolute atomic E-state index is 0.0552. The van der Waals surface area contributed by atoms with E-state index in [1.165, 1.54) is 4.68 Å². The van der Waals surface area contributed by atoms with Crippen LogP contribution in [0.3, 0.4) is 0 Å². The number of hydrazone groups is 1. The van der Waals surface area contributed by atoms with E-state index in [1.807, 2.05) is 43.3 Å². The summed E-state index contributed by atoms with van der Waals surface area (Å²) < 4.78 is 1.22. The number of nitrogens with zero attached hydrogens (tertiary/aromatic N) is 5. The number of carbonyl (C=O) groups excluding carboxylic acids is 1. The molecule has 1 heterocycles. The monoisotopic (exact) mass is 478 g/mol. The Morgan fingerprint density at radius 1 is 1.23 bits per heavy atom. The molecule has 12 heteroatoms. The second-order valence-corrected chi connectivity index (χ2v) is 8.28. The van der Waals surface area contributed by atoms with Crippen LogP contribution < -0.4 is 21.5 Å². The van der Waals surface area contributed by atoms with Crippen molar-refractivity contribution in [1.82, 2.24) is 14.9 Å². The van der Waals surface area contributed by atoms with Gasteiger partial charge >= 0.3 is 0 Å². The molecule has 0 atom stereocenters. The van der Waals surface area contributed by atoms with Crippen molar-refractivity contribution in [3.8, 4) is 0 Å². The van der Waals surface area contributed by atoms with E-state index < -0.39 is 0 Å². The second-order valence-electron chi connectivity index (χ2n) is 6.49. The Balaban J connectivity index is 1.53. The number of hydrogen-bond donors (Lipinski definition) is 3. The molecule has 0 bridgehead atoms. The second kappa shape index (κ2) is 10.4. The Hall–Kier alpha value is -2.95. The average molecular weight is 479 g/mol. The summed E-state index contributed by atoms with van der Waals surface area (Å²) in [6.07, 6.45) is 1.64. The number of benzene rings is 2. The Morgan fingerprint density at radius 2 is 1.97 bits per heavy atom. The fraction of sp³-hybridized carbons (Fsp3) is 0.158. The minimum Gasteiger partial charge on any atom is -0.378 e. The van der Waals surface area contributed by atoms with Gasteiger partial charge in [-0.25, -0.2) is 10.1 Å². The van der Waals surface area contributed by atoms with Gasteiger partial charge in [0.05, 0.1) is 22.7 Å². The molecule has 0 radical (unpaired) electrons. The van der Waals surface area contributed by atoms with Crippen molar-refractivity contribution in [3.05, 3.63) is 58.1 Å². The van der Waals surface area contributed by atoms with Gasteiger partial charge in [0, 0.05) is 24.8 Å². The van der Waals surface area contributed by atoms with E-state index in [0.717, 1.165) is 23.0 Å². The van der Waals surface area contributed by atoms with Crippen LogP contribution in [0.4, 0.5) is 17.3 Å². The molecule has 9 nitrogen and oxygen atoms in total. The topological polar surface area (TPSA) is 113 Å². The zero-order valence-corrected chi connectivity index (χ0v) is 19.0. The van der Waals surface area contributed by atoms with Crippen LogP contribution in [0, 0.1) is 0 Å². The number of nitrogen functional groups attached to an aromatic ring is 1. The summed E-state index contributed by atoms with van der Waals surface area (Å²) >= 11 is 13.1. The first-order valence-electron chi connectivity index (χ1n) is 8.98. The van der Waals surface area contributed by atoms with Crippen molar-refractivity contribution in [2.24, 2.45) is 5.10 Å². The maximum Gasteiger partial charge on any atom is 0.264 e. The van der Waals surface area contributed by atoms with Crippen molar-refractivity contribution in [2.45, 2.75) is 5.16 Å². The number of amides is 1. The Labute approximate surface area is 193 Å². The van der Waals surface area contributed by atoms with Gasteiger partial charge < -0.3 is 16.1 Å². The molecule has 3 aromatic rings. The van der Waals surface area contributed by atoms with E-state index in [1.54, 1.807) is 24.4 Å². The number of carbonyl (C=O) groups is 1. The summed E-state index contributed by atoms with van der Waals surface area (Å²) in [5, 5.41) is 15.9. The van der Waals surface area contributed by atoms with Gasteiger partial charge in [0.2, 0.25) is 11.1 Å². The van der Waals surface area contributed by atoms with E-state index >= 15 is 0 Å². The van der Waals surface area contributed by atoms with Gasteiger partial charge in [0.25, 0.3) is 5.95 Å². The Kier molecular flexibility index (Phi) is 7.61. The molecule has 162 valence electrons. The lowest BCUT2D eigenvalue weighted by atomic mass is 10.2. The molecule has 31 heavy (non-hydrogen) atoms. The predicted molar refractivity (Wildman–Crippen MR) is 128 cm³/mol. The van der Waals surface area contributed by atoms with Crippen LogP contribution in [0.25, 0.3) is 0 Å². The fourth-order valence-electron chi connectivity index (χ4n) is 2.38. The summed E-state index contributed by atoms with van der Waals surface area (Å²) in [5.41, 5.74) is 5.17. The first-order chi connectivity index (χ1) is 14.8. The van der Waals surface area contributed by atoms with Gasteiger partial charge in [-0.05, 0) is 35.9 Å². The molecular weight excluding hydrogens is 459 g/mol. The first-order valence-corrected chi connectivity index (χ1v) is 10.7. The predicted octanol–water partition coefficient (Wildman–Crippen LogP) is 3.54. The molecule has 3 rings (SSSR count). The first kappa shape index (κ1) is 22.7. The minimum atomic E-state index is -0.286. The summed E-state index contributed by atoms with van der Waals surface area (Å²) in [6.45, 7) is 0. The van der Waals surface area contributed by atoms with Gasteiger partial charge in [-0.1, -0.05) is 47.1 Å². The maximum atomic E-state index is 12.2. The zero-order chi connectivity index (χ0) is 22.4. The molecule has 0 aliphatic rings. The molecule has 0 fully saturated rings. The molecule has 0 unspecified atom stereocenters. The van der Waals surface area contributed by atoms with Crippen molar-refractivity contribution >= 4 is 64.4 Å². The van der Waals surface area contributed by atoms with Gasteiger partial charge in [0.1, 0.15) is 0 Å². The summed E-state index contributed by atoms with van der Waals surface area (Å²) in [4.78, 5) is 14.2. The van der Waals surface area contributed by atoms with E-state index in [0.29, 0.717) is 20.9 Å². The lowest BCUT2D eigenvalue weighted by molar-refractivity contribution is -0.113. The van der Waals surface area contributed by atoms with Crippen molar-refractivity contribution < 1.29 is 4.79 Å². The number of hydrogen-bond acceptors (Lipinski definition) is 8. The van der Waals surface area contributed by atoms with Crippen LogP contribution in [-0.2, 0) is 4.79 Å². The van der Waals surface area contributed by atoms with Crippen molar-refractivity contribution in [2.75, 3.05) is 41.3 Å². The standard InChI is InChI=1S/C19H20Cl2N8OS/c1-28(2)14-6-3-12(4-7-14)10-23-25-18-26-27-19(29(18)22)31-11-17(30)24-16-9-13(20)5-8-15(16)21/h3-10H,11,22H2,1-2H3,(H,24,30)(H,25,26)/b23-10+. The molecule has 1 aromatic heterocycles. The fourth-order valence-corrected chi connectivity index (χ4v) is 3.38. The highest BCUT2D eigenvalue weighted by Gasteiger charge is 2.13. The van der Waals surface area contributed by atoms with Crippen LogP contribution >= 0.6 is 35.0 Å². The lowest BCUT2D eigenvalue weighted by Crippen LogP contribution is -2.17. The number of nitrogens with one attached hydrogen (secondary N) is 2. The van der Waals surface area contributed by atoms with Crippen LogP contribution in [0.1, 0.15) is 5.56 Å². The van der Waals surface area contributed by atoms with Crippen LogP contribution in [0.5, 0.6) is 0 Å². The molecule has 0 saturated heterocycles. The molecule has 4 N–H and O–H groups in total. The van der Waals surface area contributed by atoms with Gasteiger partial charge in [0.15, 0.2) is 0 Å². The third kappa shape index (κ3) is 6.27. The molecular formula is C19H20Cl2N8OS. The third-order valence-electron chi connectivity index (χ3n) is 3.99. The number of nitrogens with two attached hydrogens (primary N) is 1. The van der Waals surface area contributed by atoms with E-state index in [-0.39, 0.29) is 17.6 Å². The van der Waals surface area contributed by atoms with Crippen molar-refractivity contribution in [3.63, 3.8) is 0 Å². The number of halogens is 2.